The first kappa shape index (κ1) is 21.9. The van der Waals surface area contributed by atoms with E-state index in [0.29, 0.717) is 0 Å². The molecule has 1 amide bonds. The van der Waals surface area contributed by atoms with Gasteiger partial charge in [0.25, 0.3) is 5.56 Å². The summed E-state index contributed by atoms with van der Waals surface area (Å²) in [5, 5.41) is 2.59. The van der Waals surface area contributed by atoms with Gasteiger partial charge in [0, 0.05) is 11.6 Å². The van der Waals surface area contributed by atoms with Gasteiger partial charge in [-0.15, -0.1) is 0 Å². The molecule has 0 aliphatic heterocycles. The monoisotopic (exact) mass is 445 g/mol. The highest BCUT2D eigenvalue weighted by Gasteiger charge is 2.31. The number of aromatic nitrogens is 2. The Bertz CT molecular complexity index is 1300. The van der Waals surface area contributed by atoms with E-state index in [-0.39, 0.29) is 28.8 Å². The fourth-order valence-electron chi connectivity index (χ4n) is 4.10. The lowest BCUT2D eigenvalue weighted by atomic mass is 9.80. The lowest BCUT2D eigenvalue weighted by Crippen LogP contribution is -2.46. The quantitative estimate of drug-likeness (QED) is 0.607. The van der Waals surface area contributed by atoms with Crippen LogP contribution >= 0.6 is 0 Å². The van der Waals surface area contributed by atoms with Gasteiger partial charge in [0.1, 0.15) is 23.5 Å². The number of H-pyrrole nitrogens is 1. The molecule has 2 aromatic carbocycles. The number of nitrogens with zero attached hydrogens (tertiary/aromatic N) is 1. The number of hydrogen-bond donors (Lipinski definition) is 2. The largest absolute Gasteiger partial charge is 0.348 e. The molecule has 168 valence electrons. The summed E-state index contributed by atoms with van der Waals surface area (Å²) in [4.78, 5) is 41.6. The number of rotatable bonds is 6. The van der Waals surface area contributed by atoms with Gasteiger partial charge < -0.3 is 10.3 Å². The summed E-state index contributed by atoms with van der Waals surface area (Å²) < 4.78 is 41.9. The predicted molar refractivity (Wildman–Crippen MR) is 113 cm³/mol. The molecule has 1 aromatic heterocycles. The Morgan fingerprint density at radius 1 is 1.12 bits per heavy atom. The number of halogens is 3. The van der Waals surface area contributed by atoms with E-state index in [1.165, 1.54) is 19.1 Å². The Hall–Kier alpha value is -3.36. The molecular formula is C23H22F3N3O3. The Balaban J connectivity index is 1.72. The van der Waals surface area contributed by atoms with Crippen LogP contribution in [-0.4, -0.2) is 15.5 Å². The normalized spacial score (nSPS) is 15.9. The van der Waals surface area contributed by atoms with Crippen LogP contribution in [0.4, 0.5) is 13.2 Å². The summed E-state index contributed by atoms with van der Waals surface area (Å²) in [7, 11) is 0. The standard InChI is InChI=1S/C23H22F3N3O3/c1-12(16-7-5-15(25)11-18(16)26)27-21(30)20(9-13-3-2-4-13)29-22(31)17-10-14(24)6-8-19(17)28-23(29)32/h5-8,10-13,20H,2-4,9H2,1H3,(H,27,30)(H,28,32)/t12-,20-/m0/s1. The lowest BCUT2D eigenvalue weighted by molar-refractivity contribution is -0.126. The smallest absolute Gasteiger partial charge is 0.329 e. The summed E-state index contributed by atoms with van der Waals surface area (Å²) in [5.41, 5.74) is -1.32. The highest BCUT2D eigenvalue weighted by molar-refractivity contribution is 5.82. The molecule has 0 saturated heterocycles. The van der Waals surface area contributed by atoms with E-state index >= 15 is 0 Å². The van der Waals surface area contributed by atoms with Crippen molar-refractivity contribution in [2.75, 3.05) is 0 Å². The van der Waals surface area contributed by atoms with Crippen LogP contribution in [0.15, 0.2) is 46.0 Å². The van der Waals surface area contributed by atoms with Crippen molar-refractivity contribution in [3.63, 3.8) is 0 Å². The Morgan fingerprint density at radius 3 is 2.47 bits per heavy atom. The van der Waals surface area contributed by atoms with Crippen molar-refractivity contribution in [2.24, 2.45) is 5.92 Å². The second kappa shape index (κ2) is 8.64. The number of hydrogen-bond acceptors (Lipinski definition) is 3. The van der Waals surface area contributed by atoms with Gasteiger partial charge in [0.15, 0.2) is 0 Å². The van der Waals surface area contributed by atoms with Gasteiger partial charge in [-0.25, -0.2) is 22.5 Å². The number of aromatic amines is 1. The van der Waals surface area contributed by atoms with Gasteiger partial charge in [0.2, 0.25) is 5.91 Å². The third-order valence-electron chi connectivity index (χ3n) is 6.07. The summed E-state index contributed by atoms with van der Waals surface area (Å²) in [6, 6.07) is 4.47. The van der Waals surface area contributed by atoms with Crippen LogP contribution in [0.5, 0.6) is 0 Å². The van der Waals surface area contributed by atoms with E-state index in [9.17, 15) is 27.6 Å². The fraction of sp³-hybridized carbons (Fsp3) is 0.348. The molecule has 1 fully saturated rings. The molecule has 2 N–H and O–H groups in total. The van der Waals surface area contributed by atoms with Gasteiger partial charge in [-0.2, -0.15) is 0 Å². The zero-order valence-corrected chi connectivity index (χ0v) is 17.3. The molecule has 1 aliphatic carbocycles. The molecule has 1 heterocycles. The first-order valence-electron chi connectivity index (χ1n) is 10.4. The summed E-state index contributed by atoms with van der Waals surface area (Å²) >= 11 is 0. The van der Waals surface area contributed by atoms with E-state index in [1.54, 1.807) is 0 Å². The van der Waals surface area contributed by atoms with Crippen molar-refractivity contribution in [1.29, 1.82) is 0 Å². The number of benzene rings is 2. The van der Waals surface area contributed by atoms with Crippen molar-refractivity contribution in [1.82, 2.24) is 14.9 Å². The van der Waals surface area contributed by atoms with Gasteiger partial charge in [-0.3, -0.25) is 9.59 Å². The van der Waals surface area contributed by atoms with Gasteiger partial charge in [-0.05, 0) is 43.5 Å². The minimum Gasteiger partial charge on any atom is -0.348 e. The molecule has 0 unspecified atom stereocenters. The van der Waals surface area contributed by atoms with E-state index in [4.69, 9.17) is 0 Å². The average Bonchev–Trinajstić information content (AvgIpc) is 2.69. The first-order chi connectivity index (χ1) is 15.2. The van der Waals surface area contributed by atoms with Gasteiger partial charge in [-0.1, -0.05) is 25.3 Å². The molecule has 32 heavy (non-hydrogen) atoms. The van der Waals surface area contributed by atoms with Crippen LogP contribution < -0.4 is 16.6 Å². The molecule has 9 heteroatoms. The van der Waals surface area contributed by atoms with E-state index in [0.717, 1.165) is 48.1 Å². The fourth-order valence-corrected chi connectivity index (χ4v) is 4.10. The van der Waals surface area contributed by atoms with Crippen LogP contribution in [0.1, 0.15) is 50.3 Å². The number of fused-ring (bicyclic) bond motifs is 1. The summed E-state index contributed by atoms with van der Waals surface area (Å²) in [6.45, 7) is 1.53. The van der Waals surface area contributed by atoms with Crippen LogP contribution in [0.3, 0.4) is 0 Å². The Labute approximate surface area is 181 Å². The molecule has 2 atom stereocenters. The van der Waals surface area contributed by atoms with E-state index < -0.39 is 46.7 Å². The van der Waals surface area contributed by atoms with E-state index in [1.807, 2.05) is 0 Å². The number of carbonyl (C=O) groups is 1. The summed E-state index contributed by atoms with van der Waals surface area (Å²) in [5.74, 6) is -2.69. The maximum atomic E-state index is 14.2. The Kier molecular flexibility index (Phi) is 5.90. The van der Waals surface area contributed by atoms with E-state index in [2.05, 4.69) is 10.3 Å². The van der Waals surface area contributed by atoms with Crippen molar-refractivity contribution < 1.29 is 18.0 Å². The molecule has 4 rings (SSSR count). The van der Waals surface area contributed by atoms with Crippen LogP contribution in [0, 0.1) is 23.4 Å². The van der Waals surface area contributed by atoms with Crippen LogP contribution in [0.25, 0.3) is 10.9 Å². The topological polar surface area (TPSA) is 84.0 Å². The molecule has 0 bridgehead atoms. The highest BCUT2D eigenvalue weighted by Crippen LogP contribution is 2.33. The number of carbonyl (C=O) groups excluding carboxylic acids is 1. The molecule has 6 nitrogen and oxygen atoms in total. The van der Waals surface area contributed by atoms with Crippen molar-refractivity contribution in [3.05, 3.63) is 80.3 Å². The zero-order valence-electron chi connectivity index (χ0n) is 17.3. The van der Waals surface area contributed by atoms with Crippen molar-refractivity contribution in [3.8, 4) is 0 Å². The molecule has 0 radical (unpaired) electrons. The first-order valence-corrected chi connectivity index (χ1v) is 10.4. The third kappa shape index (κ3) is 4.19. The zero-order chi connectivity index (χ0) is 23.0. The maximum absolute atomic E-state index is 14.2. The minimum absolute atomic E-state index is 0.0476. The van der Waals surface area contributed by atoms with Crippen molar-refractivity contribution >= 4 is 16.8 Å². The summed E-state index contributed by atoms with van der Waals surface area (Å²) in [6.07, 6.45) is 2.96. The van der Waals surface area contributed by atoms with Crippen LogP contribution in [0.2, 0.25) is 0 Å². The van der Waals surface area contributed by atoms with Gasteiger partial charge >= 0.3 is 5.69 Å². The molecule has 1 aliphatic rings. The van der Waals surface area contributed by atoms with Gasteiger partial charge in [0.05, 0.1) is 16.9 Å². The Morgan fingerprint density at radius 2 is 1.81 bits per heavy atom. The second-order valence-electron chi connectivity index (χ2n) is 8.24. The minimum atomic E-state index is -1.16. The third-order valence-corrected chi connectivity index (χ3v) is 6.07. The van der Waals surface area contributed by atoms with Crippen molar-refractivity contribution in [2.45, 2.75) is 44.7 Å². The molecule has 0 spiro atoms. The SMILES string of the molecule is C[C@H](NC(=O)[C@H](CC1CCC1)n1c(=O)[nH]c2ccc(F)cc2c1=O)c1ccc(F)cc1F. The number of amides is 1. The maximum Gasteiger partial charge on any atom is 0.329 e. The molecule has 3 aromatic rings. The predicted octanol–water partition coefficient (Wildman–Crippen LogP) is 3.72. The highest BCUT2D eigenvalue weighted by atomic mass is 19.1. The average molecular weight is 445 g/mol. The molecular weight excluding hydrogens is 423 g/mol. The second-order valence-corrected chi connectivity index (χ2v) is 8.24. The molecule has 1 saturated carbocycles. The van der Waals surface area contributed by atoms with Crippen LogP contribution in [-0.2, 0) is 4.79 Å². The number of nitrogens with one attached hydrogen (secondary N) is 2. The lowest BCUT2D eigenvalue weighted by Gasteiger charge is -2.30.